The van der Waals surface area contributed by atoms with E-state index in [9.17, 15) is 12.8 Å². The SMILES string of the molecule is NC(CNS(=O)(=O)c1ccccc1F)c1ccccc1. The molecule has 4 nitrogen and oxygen atoms in total. The van der Waals surface area contributed by atoms with Crippen molar-refractivity contribution in [1.29, 1.82) is 0 Å². The third kappa shape index (κ3) is 3.41. The molecule has 2 rings (SSSR count). The molecule has 6 heteroatoms. The van der Waals surface area contributed by atoms with Crippen LogP contribution in [0.2, 0.25) is 0 Å². The molecule has 1 unspecified atom stereocenters. The van der Waals surface area contributed by atoms with E-state index in [-0.39, 0.29) is 11.4 Å². The number of nitrogens with two attached hydrogens (primary N) is 1. The predicted molar refractivity (Wildman–Crippen MR) is 75.0 cm³/mol. The van der Waals surface area contributed by atoms with Crippen molar-refractivity contribution in [3.8, 4) is 0 Å². The molecule has 0 aromatic heterocycles. The minimum absolute atomic E-state index is 0.000676. The van der Waals surface area contributed by atoms with Crippen LogP contribution >= 0.6 is 0 Å². The molecule has 0 aliphatic heterocycles. The lowest BCUT2D eigenvalue weighted by Gasteiger charge is -2.13. The van der Waals surface area contributed by atoms with E-state index >= 15 is 0 Å². The highest BCUT2D eigenvalue weighted by molar-refractivity contribution is 7.89. The van der Waals surface area contributed by atoms with Crippen LogP contribution in [0.5, 0.6) is 0 Å². The molecule has 0 fully saturated rings. The van der Waals surface area contributed by atoms with Crippen LogP contribution in [0, 0.1) is 5.82 Å². The molecule has 0 amide bonds. The van der Waals surface area contributed by atoms with Gasteiger partial charge in [-0.1, -0.05) is 42.5 Å². The van der Waals surface area contributed by atoms with Gasteiger partial charge < -0.3 is 5.73 Å². The second-order valence-corrected chi connectivity index (χ2v) is 6.03. The molecule has 1 atom stereocenters. The van der Waals surface area contributed by atoms with Gasteiger partial charge in [0.15, 0.2) is 0 Å². The molecule has 2 aromatic rings. The molecule has 0 bridgehead atoms. The molecule has 3 N–H and O–H groups in total. The number of hydrogen-bond donors (Lipinski definition) is 2. The van der Waals surface area contributed by atoms with E-state index in [1.165, 1.54) is 18.2 Å². The zero-order valence-corrected chi connectivity index (χ0v) is 11.5. The molecule has 0 heterocycles. The Morgan fingerprint density at radius 3 is 2.30 bits per heavy atom. The topological polar surface area (TPSA) is 72.2 Å². The van der Waals surface area contributed by atoms with Crippen molar-refractivity contribution < 1.29 is 12.8 Å². The summed E-state index contributed by atoms with van der Waals surface area (Å²) in [7, 11) is -3.90. The van der Waals surface area contributed by atoms with Gasteiger partial charge in [-0.05, 0) is 17.7 Å². The number of sulfonamides is 1. The summed E-state index contributed by atoms with van der Waals surface area (Å²) in [6.45, 7) is 0.000676. The molecule has 0 spiro atoms. The Bertz CT molecular complexity index is 675. The van der Waals surface area contributed by atoms with Gasteiger partial charge in [0.05, 0.1) is 0 Å². The van der Waals surface area contributed by atoms with Crippen molar-refractivity contribution in [1.82, 2.24) is 4.72 Å². The fraction of sp³-hybridized carbons (Fsp3) is 0.143. The molecule has 20 heavy (non-hydrogen) atoms. The van der Waals surface area contributed by atoms with Gasteiger partial charge in [-0.15, -0.1) is 0 Å². The molecule has 106 valence electrons. The summed E-state index contributed by atoms with van der Waals surface area (Å²) in [5, 5.41) is 0. The van der Waals surface area contributed by atoms with Crippen LogP contribution in [0.25, 0.3) is 0 Å². The Morgan fingerprint density at radius 2 is 1.65 bits per heavy atom. The lowest BCUT2D eigenvalue weighted by Crippen LogP contribution is -2.32. The lowest BCUT2D eigenvalue weighted by atomic mass is 10.1. The highest BCUT2D eigenvalue weighted by Gasteiger charge is 2.19. The van der Waals surface area contributed by atoms with Gasteiger partial charge in [0, 0.05) is 12.6 Å². The van der Waals surface area contributed by atoms with Crippen molar-refractivity contribution in [2.45, 2.75) is 10.9 Å². The Labute approximate surface area is 117 Å². The Morgan fingerprint density at radius 1 is 1.05 bits per heavy atom. The monoisotopic (exact) mass is 294 g/mol. The van der Waals surface area contributed by atoms with Crippen LogP contribution in [0.1, 0.15) is 11.6 Å². The van der Waals surface area contributed by atoms with Crippen LogP contribution < -0.4 is 10.5 Å². The number of hydrogen-bond acceptors (Lipinski definition) is 3. The number of halogens is 1. The maximum absolute atomic E-state index is 13.5. The van der Waals surface area contributed by atoms with Crippen molar-refractivity contribution in [2.24, 2.45) is 5.73 Å². The quantitative estimate of drug-likeness (QED) is 0.883. The highest BCUT2D eigenvalue weighted by Crippen LogP contribution is 2.14. The molecule has 0 aliphatic rings. The predicted octanol–water partition coefficient (Wildman–Crippen LogP) is 1.80. The van der Waals surface area contributed by atoms with Crippen molar-refractivity contribution >= 4 is 10.0 Å². The first kappa shape index (κ1) is 14.6. The summed E-state index contributed by atoms with van der Waals surface area (Å²) in [5.74, 6) is -0.784. The van der Waals surface area contributed by atoms with Gasteiger partial charge in [-0.2, -0.15) is 0 Å². The fourth-order valence-electron chi connectivity index (χ4n) is 1.76. The summed E-state index contributed by atoms with van der Waals surface area (Å²) in [4.78, 5) is -0.375. The van der Waals surface area contributed by atoms with Crippen LogP contribution in [-0.4, -0.2) is 15.0 Å². The van der Waals surface area contributed by atoms with E-state index in [0.717, 1.165) is 11.6 Å². The highest BCUT2D eigenvalue weighted by atomic mass is 32.2. The zero-order chi connectivity index (χ0) is 14.6. The molecule has 0 aliphatic carbocycles. The third-order valence-corrected chi connectivity index (χ3v) is 4.30. The first-order chi connectivity index (χ1) is 9.50. The summed E-state index contributed by atoms with van der Waals surface area (Å²) < 4.78 is 39.8. The average Bonchev–Trinajstić information content (AvgIpc) is 2.46. The van der Waals surface area contributed by atoms with Crippen molar-refractivity contribution in [3.05, 3.63) is 66.0 Å². The minimum atomic E-state index is -3.90. The maximum Gasteiger partial charge on any atom is 0.243 e. The van der Waals surface area contributed by atoms with E-state index in [2.05, 4.69) is 4.72 Å². The van der Waals surface area contributed by atoms with E-state index in [1.807, 2.05) is 30.3 Å². The van der Waals surface area contributed by atoms with Gasteiger partial charge in [0.25, 0.3) is 0 Å². The summed E-state index contributed by atoms with van der Waals surface area (Å²) in [6, 6.07) is 13.8. The van der Waals surface area contributed by atoms with Gasteiger partial charge in [0.1, 0.15) is 10.7 Å². The summed E-state index contributed by atoms with van der Waals surface area (Å²) in [6.07, 6.45) is 0. The Kier molecular flexibility index (Phi) is 4.49. The van der Waals surface area contributed by atoms with Gasteiger partial charge >= 0.3 is 0 Å². The van der Waals surface area contributed by atoms with Crippen LogP contribution in [0.4, 0.5) is 4.39 Å². The van der Waals surface area contributed by atoms with Gasteiger partial charge in [-0.25, -0.2) is 17.5 Å². The summed E-state index contributed by atoms with van der Waals surface area (Å²) in [5.41, 5.74) is 6.71. The number of nitrogens with one attached hydrogen (secondary N) is 1. The number of rotatable bonds is 5. The van der Waals surface area contributed by atoms with E-state index in [1.54, 1.807) is 0 Å². The van der Waals surface area contributed by atoms with E-state index < -0.39 is 21.9 Å². The third-order valence-electron chi connectivity index (χ3n) is 2.85. The molecular weight excluding hydrogens is 279 g/mol. The summed E-state index contributed by atoms with van der Waals surface area (Å²) >= 11 is 0. The average molecular weight is 294 g/mol. The van der Waals surface area contributed by atoms with Crippen molar-refractivity contribution in [2.75, 3.05) is 6.54 Å². The minimum Gasteiger partial charge on any atom is -0.323 e. The molecule has 0 saturated carbocycles. The molecule has 0 radical (unpaired) electrons. The van der Waals surface area contributed by atoms with Gasteiger partial charge in [0.2, 0.25) is 10.0 Å². The van der Waals surface area contributed by atoms with Crippen LogP contribution in [0.15, 0.2) is 59.5 Å². The maximum atomic E-state index is 13.5. The molecule has 2 aromatic carbocycles. The largest absolute Gasteiger partial charge is 0.323 e. The van der Waals surface area contributed by atoms with E-state index in [4.69, 9.17) is 5.73 Å². The normalized spacial score (nSPS) is 13.1. The standard InChI is InChI=1S/C14H15FN2O2S/c15-12-8-4-5-9-14(12)20(18,19)17-10-13(16)11-6-2-1-3-7-11/h1-9,13,17H,10,16H2. The van der Waals surface area contributed by atoms with Crippen LogP contribution in [-0.2, 0) is 10.0 Å². The Hall–Kier alpha value is -1.76. The smallest absolute Gasteiger partial charge is 0.243 e. The first-order valence-corrected chi connectivity index (χ1v) is 7.54. The number of benzene rings is 2. The molecular formula is C14H15FN2O2S. The van der Waals surface area contributed by atoms with Gasteiger partial charge in [-0.3, -0.25) is 0 Å². The molecule has 0 saturated heterocycles. The van der Waals surface area contributed by atoms with Crippen LogP contribution in [0.3, 0.4) is 0 Å². The fourth-order valence-corrected chi connectivity index (χ4v) is 2.89. The zero-order valence-electron chi connectivity index (χ0n) is 10.7. The first-order valence-electron chi connectivity index (χ1n) is 6.05. The van der Waals surface area contributed by atoms with E-state index in [0.29, 0.717) is 0 Å². The second kappa shape index (κ2) is 6.13. The second-order valence-electron chi connectivity index (χ2n) is 4.30. The lowest BCUT2D eigenvalue weighted by molar-refractivity contribution is 0.551. The Balaban J connectivity index is 2.09. The van der Waals surface area contributed by atoms with Crippen molar-refractivity contribution in [3.63, 3.8) is 0 Å².